The van der Waals surface area contributed by atoms with Gasteiger partial charge in [0.05, 0.1) is 17.6 Å². The number of carbonyl (C=O) groups excluding carboxylic acids is 2. The van der Waals surface area contributed by atoms with Gasteiger partial charge < -0.3 is 14.6 Å². The second-order valence-corrected chi connectivity index (χ2v) is 7.44. The highest BCUT2D eigenvalue weighted by molar-refractivity contribution is 5.90. The zero-order valence-corrected chi connectivity index (χ0v) is 14.0. The van der Waals surface area contributed by atoms with Crippen LogP contribution in [0.3, 0.4) is 0 Å². The second kappa shape index (κ2) is 5.99. The van der Waals surface area contributed by atoms with Gasteiger partial charge in [-0.15, -0.1) is 0 Å². The largest absolute Gasteiger partial charge is 0.463 e. The Kier molecular flexibility index (Phi) is 3.91. The molecule has 0 spiro atoms. The fourth-order valence-corrected chi connectivity index (χ4v) is 5.08. The van der Waals surface area contributed by atoms with Gasteiger partial charge in [-0.1, -0.05) is 24.8 Å². The molecule has 2 unspecified atom stereocenters. The van der Waals surface area contributed by atoms with Crippen LogP contribution in [0.1, 0.15) is 35.2 Å². The van der Waals surface area contributed by atoms with Crippen LogP contribution in [0.2, 0.25) is 0 Å². The van der Waals surface area contributed by atoms with Gasteiger partial charge in [-0.25, -0.2) is 4.79 Å². The van der Waals surface area contributed by atoms with E-state index in [0.717, 1.165) is 24.8 Å². The lowest BCUT2D eigenvalue weighted by Crippen LogP contribution is -2.53. The van der Waals surface area contributed by atoms with Crippen molar-refractivity contribution < 1.29 is 24.2 Å². The molecule has 3 aliphatic carbocycles. The molecule has 0 aromatic heterocycles. The molecule has 25 heavy (non-hydrogen) atoms. The maximum atomic E-state index is 12.4. The van der Waals surface area contributed by atoms with Crippen LogP contribution in [0.25, 0.3) is 6.08 Å². The summed E-state index contributed by atoms with van der Waals surface area (Å²) >= 11 is 0. The van der Waals surface area contributed by atoms with E-state index in [4.69, 9.17) is 14.6 Å². The van der Waals surface area contributed by atoms with Crippen molar-refractivity contribution in [3.8, 4) is 0 Å². The lowest BCUT2D eigenvalue weighted by Gasteiger charge is -2.50. The lowest BCUT2D eigenvalue weighted by atomic mass is 9.59. The smallest absolute Gasteiger partial charge is 0.338 e. The Morgan fingerprint density at radius 1 is 1.16 bits per heavy atom. The Morgan fingerprint density at radius 2 is 1.80 bits per heavy atom. The number of hydrogen-bond donors (Lipinski definition) is 1. The number of benzene rings is 1. The lowest BCUT2D eigenvalue weighted by molar-refractivity contribution is -0.164. The van der Waals surface area contributed by atoms with Crippen LogP contribution in [0.4, 0.5) is 0 Å². The third kappa shape index (κ3) is 2.49. The average molecular weight is 342 g/mol. The number of fused-ring (bicyclic) bond motifs is 1. The highest BCUT2D eigenvalue weighted by atomic mass is 16.6. The van der Waals surface area contributed by atoms with Crippen LogP contribution in [0, 0.1) is 23.2 Å². The van der Waals surface area contributed by atoms with Crippen molar-refractivity contribution >= 4 is 18.0 Å². The van der Waals surface area contributed by atoms with Crippen LogP contribution in [-0.4, -0.2) is 36.4 Å². The summed E-state index contributed by atoms with van der Waals surface area (Å²) < 4.78 is 10.9. The van der Waals surface area contributed by atoms with Crippen LogP contribution >= 0.6 is 0 Å². The fourth-order valence-electron chi connectivity index (χ4n) is 5.08. The van der Waals surface area contributed by atoms with E-state index in [1.807, 2.05) is 12.1 Å². The van der Waals surface area contributed by atoms with E-state index >= 15 is 0 Å². The number of carbonyl (C=O) groups is 2. The summed E-state index contributed by atoms with van der Waals surface area (Å²) in [6, 6.07) is 7.19. The molecule has 3 aliphatic rings. The van der Waals surface area contributed by atoms with Gasteiger partial charge in [0, 0.05) is 11.8 Å². The summed E-state index contributed by atoms with van der Waals surface area (Å²) in [5.41, 5.74) is 1.09. The molecule has 2 atom stereocenters. The summed E-state index contributed by atoms with van der Waals surface area (Å²) in [7, 11) is 0. The predicted molar refractivity (Wildman–Crippen MR) is 90.5 cm³/mol. The van der Waals surface area contributed by atoms with E-state index in [1.54, 1.807) is 18.2 Å². The highest BCUT2D eigenvalue weighted by Gasteiger charge is 2.71. The number of aliphatic hydroxyl groups excluding tert-OH is 1. The molecule has 0 amide bonds. The van der Waals surface area contributed by atoms with E-state index in [-0.39, 0.29) is 43.1 Å². The molecule has 4 rings (SSSR count). The Balaban J connectivity index is 1.39. The molecule has 1 aromatic rings. The van der Waals surface area contributed by atoms with Gasteiger partial charge >= 0.3 is 11.9 Å². The molecule has 132 valence electrons. The molecule has 1 aromatic carbocycles. The van der Waals surface area contributed by atoms with Crippen LogP contribution in [0.5, 0.6) is 0 Å². The average Bonchev–Trinajstić information content (AvgIpc) is 3.16. The molecule has 0 heterocycles. The van der Waals surface area contributed by atoms with Crippen molar-refractivity contribution in [2.24, 2.45) is 23.2 Å². The van der Waals surface area contributed by atoms with E-state index < -0.39 is 5.41 Å². The van der Waals surface area contributed by atoms with Crippen molar-refractivity contribution in [1.29, 1.82) is 0 Å². The highest BCUT2D eigenvalue weighted by Crippen LogP contribution is 2.70. The summed E-state index contributed by atoms with van der Waals surface area (Å²) in [5, 5.41) is 8.83. The van der Waals surface area contributed by atoms with Crippen molar-refractivity contribution in [2.45, 2.75) is 25.4 Å². The minimum Gasteiger partial charge on any atom is -0.463 e. The van der Waals surface area contributed by atoms with Crippen molar-refractivity contribution in [3.63, 3.8) is 0 Å². The number of hydrogen-bond acceptors (Lipinski definition) is 5. The van der Waals surface area contributed by atoms with Gasteiger partial charge in [-0.3, -0.25) is 4.79 Å². The van der Waals surface area contributed by atoms with Crippen molar-refractivity contribution in [2.75, 3.05) is 13.2 Å². The third-order valence-corrected chi connectivity index (χ3v) is 6.21. The minimum absolute atomic E-state index is 0.0553. The Bertz CT molecular complexity index is 693. The summed E-state index contributed by atoms with van der Waals surface area (Å²) in [6.45, 7) is 3.60. The van der Waals surface area contributed by atoms with Crippen molar-refractivity contribution in [3.05, 3.63) is 42.0 Å². The van der Waals surface area contributed by atoms with E-state index in [9.17, 15) is 9.59 Å². The Hall–Kier alpha value is -2.14. The molecule has 1 N–H and O–H groups in total. The number of ether oxygens (including phenoxy) is 2. The van der Waals surface area contributed by atoms with Crippen LogP contribution in [-0.2, 0) is 14.3 Å². The zero-order valence-electron chi connectivity index (χ0n) is 14.0. The SMILES string of the molecule is C=Cc1ccc(C(=O)OC2C3CC4(C(=O)OCCO)CC3C2C4)cc1. The topological polar surface area (TPSA) is 72.8 Å². The Morgan fingerprint density at radius 3 is 2.40 bits per heavy atom. The first-order valence-corrected chi connectivity index (χ1v) is 8.79. The molecule has 5 nitrogen and oxygen atoms in total. The van der Waals surface area contributed by atoms with E-state index in [2.05, 4.69) is 6.58 Å². The Labute approximate surface area is 146 Å². The summed E-state index contributed by atoms with van der Waals surface area (Å²) in [6.07, 6.45) is 3.93. The molecule has 0 saturated heterocycles. The quantitative estimate of drug-likeness (QED) is 0.804. The standard InChI is InChI=1S/C20H22O5/c1-2-12-3-5-13(6-4-12)18(22)25-17-15-10-20(19(23)24-8-7-21)9-14(15)16(17)11-20/h2-6,14-17,21H,1,7-11H2. The van der Waals surface area contributed by atoms with E-state index in [1.165, 1.54) is 0 Å². The van der Waals surface area contributed by atoms with Crippen LogP contribution < -0.4 is 0 Å². The molecule has 0 radical (unpaired) electrons. The predicted octanol–water partition coefficient (Wildman–Crippen LogP) is 2.44. The van der Waals surface area contributed by atoms with Gasteiger partial charge in [-0.05, 0) is 42.9 Å². The summed E-state index contributed by atoms with van der Waals surface area (Å²) in [4.78, 5) is 24.7. The first-order valence-electron chi connectivity index (χ1n) is 8.79. The molecular formula is C20H22O5. The van der Waals surface area contributed by atoms with Gasteiger partial charge in [0.1, 0.15) is 12.7 Å². The maximum absolute atomic E-state index is 12.4. The summed E-state index contributed by atoms with van der Waals surface area (Å²) in [5.74, 6) is 0.490. The van der Waals surface area contributed by atoms with Gasteiger partial charge in [0.25, 0.3) is 0 Å². The normalized spacial score (nSPS) is 34.3. The van der Waals surface area contributed by atoms with Crippen molar-refractivity contribution in [1.82, 2.24) is 0 Å². The molecule has 3 fully saturated rings. The first-order chi connectivity index (χ1) is 12.1. The van der Waals surface area contributed by atoms with Gasteiger partial charge in [0.15, 0.2) is 0 Å². The zero-order chi connectivity index (χ0) is 17.6. The van der Waals surface area contributed by atoms with Crippen LogP contribution in [0.15, 0.2) is 30.8 Å². The first kappa shape index (κ1) is 16.3. The third-order valence-electron chi connectivity index (χ3n) is 6.21. The molecule has 2 bridgehead atoms. The van der Waals surface area contributed by atoms with Gasteiger partial charge in [0.2, 0.25) is 0 Å². The minimum atomic E-state index is -0.413. The number of rotatable bonds is 6. The molecular weight excluding hydrogens is 320 g/mol. The second-order valence-electron chi connectivity index (χ2n) is 7.44. The number of esters is 2. The fraction of sp³-hybridized carbons (Fsp3) is 0.500. The maximum Gasteiger partial charge on any atom is 0.338 e. The molecule has 5 heteroatoms. The molecule has 0 aliphatic heterocycles. The van der Waals surface area contributed by atoms with Gasteiger partial charge in [-0.2, -0.15) is 0 Å². The number of aliphatic hydroxyl groups is 1. The molecule has 3 saturated carbocycles. The monoisotopic (exact) mass is 342 g/mol. The van der Waals surface area contributed by atoms with E-state index in [0.29, 0.717) is 11.5 Å².